The highest BCUT2D eigenvalue weighted by Gasteiger charge is 2.30. The number of carbonyl (C=O) groups excluding carboxylic acids is 2. The maximum atomic E-state index is 12.6. The number of nitrogens with zero attached hydrogens (tertiary/aromatic N) is 2. The third-order valence-electron chi connectivity index (χ3n) is 4.34. The molecule has 5 nitrogen and oxygen atoms in total. The Morgan fingerprint density at radius 1 is 1.08 bits per heavy atom. The van der Waals surface area contributed by atoms with Crippen LogP contribution in [0.3, 0.4) is 0 Å². The van der Waals surface area contributed by atoms with Gasteiger partial charge in [0.05, 0.1) is 6.54 Å². The predicted molar refractivity (Wildman–Crippen MR) is 104 cm³/mol. The Labute approximate surface area is 164 Å². The third kappa shape index (κ3) is 4.75. The van der Waals surface area contributed by atoms with Crippen molar-refractivity contribution in [3.8, 4) is 0 Å². The minimum atomic E-state index is -0.739. The summed E-state index contributed by atoms with van der Waals surface area (Å²) < 4.78 is 0. The van der Waals surface area contributed by atoms with Crippen molar-refractivity contribution in [3.63, 3.8) is 0 Å². The first-order chi connectivity index (χ1) is 12.0. The molecule has 0 radical (unpaired) electrons. The van der Waals surface area contributed by atoms with Crippen LogP contribution < -0.4 is 5.73 Å². The van der Waals surface area contributed by atoms with Gasteiger partial charge in [-0.3, -0.25) is 9.59 Å². The molecule has 2 amide bonds. The molecule has 3 rings (SSSR count). The van der Waals surface area contributed by atoms with Gasteiger partial charge in [0.1, 0.15) is 6.04 Å². The van der Waals surface area contributed by atoms with E-state index in [1.165, 1.54) is 0 Å². The van der Waals surface area contributed by atoms with Crippen molar-refractivity contribution in [1.82, 2.24) is 9.80 Å². The minimum Gasteiger partial charge on any atom is -0.335 e. The zero-order valence-electron chi connectivity index (χ0n) is 14.2. The largest absolute Gasteiger partial charge is 0.335 e. The molecule has 1 aliphatic rings. The lowest BCUT2D eigenvalue weighted by Crippen LogP contribution is -2.53. The first-order valence-electron chi connectivity index (χ1n) is 8.16. The van der Waals surface area contributed by atoms with Crippen molar-refractivity contribution in [3.05, 3.63) is 70.7 Å². The van der Waals surface area contributed by atoms with Gasteiger partial charge in [0.15, 0.2) is 0 Å². The molecule has 0 bridgehead atoms. The van der Waals surface area contributed by atoms with Gasteiger partial charge in [-0.05, 0) is 23.3 Å². The van der Waals surface area contributed by atoms with E-state index in [0.717, 1.165) is 11.1 Å². The van der Waals surface area contributed by atoms with E-state index >= 15 is 0 Å². The monoisotopic (exact) mass is 393 g/mol. The van der Waals surface area contributed by atoms with E-state index in [1.807, 2.05) is 42.5 Å². The van der Waals surface area contributed by atoms with Gasteiger partial charge in [-0.25, -0.2) is 0 Å². The van der Waals surface area contributed by atoms with E-state index in [-0.39, 0.29) is 30.8 Å². The number of rotatable bonds is 4. The summed E-state index contributed by atoms with van der Waals surface area (Å²) in [7, 11) is 0. The van der Waals surface area contributed by atoms with Gasteiger partial charge in [0, 0.05) is 24.7 Å². The Morgan fingerprint density at radius 3 is 2.35 bits per heavy atom. The van der Waals surface area contributed by atoms with E-state index < -0.39 is 6.04 Å². The van der Waals surface area contributed by atoms with Crippen LogP contribution in [-0.2, 0) is 16.1 Å². The SMILES string of the molecule is Cl.NC(C(=O)N1CCN(Cc2ccc(Cl)cc2)C(=O)C1)c1ccccc1. The Hall–Kier alpha value is -2.08. The fourth-order valence-electron chi connectivity index (χ4n) is 2.87. The first kappa shape index (κ1) is 20.2. The Balaban J connectivity index is 0.00000243. The molecule has 2 aromatic carbocycles. The second-order valence-electron chi connectivity index (χ2n) is 6.09. The summed E-state index contributed by atoms with van der Waals surface area (Å²) in [5.41, 5.74) is 7.82. The predicted octanol–water partition coefficient (Wildman–Crippen LogP) is 2.63. The molecule has 1 heterocycles. The molecule has 1 unspecified atom stereocenters. The highest BCUT2D eigenvalue weighted by atomic mass is 35.5. The maximum Gasteiger partial charge on any atom is 0.244 e. The fraction of sp³-hybridized carbons (Fsp3) is 0.263. The molecule has 138 valence electrons. The normalized spacial score (nSPS) is 15.4. The van der Waals surface area contributed by atoms with Crippen LogP contribution in [-0.4, -0.2) is 41.2 Å². The molecule has 7 heteroatoms. The molecule has 1 saturated heterocycles. The molecule has 26 heavy (non-hydrogen) atoms. The molecule has 2 N–H and O–H groups in total. The molecule has 2 aromatic rings. The lowest BCUT2D eigenvalue weighted by Gasteiger charge is -2.35. The topological polar surface area (TPSA) is 66.6 Å². The van der Waals surface area contributed by atoms with Crippen molar-refractivity contribution in [2.75, 3.05) is 19.6 Å². The molecule has 1 aliphatic heterocycles. The Kier molecular flexibility index (Phi) is 7.03. The van der Waals surface area contributed by atoms with Crippen LogP contribution in [0.2, 0.25) is 5.02 Å². The second-order valence-corrected chi connectivity index (χ2v) is 6.53. The van der Waals surface area contributed by atoms with Crippen LogP contribution in [0, 0.1) is 0 Å². The average molecular weight is 394 g/mol. The van der Waals surface area contributed by atoms with E-state index in [1.54, 1.807) is 21.9 Å². The summed E-state index contributed by atoms with van der Waals surface area (Å²) in [5.74, 6) is -0.291. The third-order valence-corrected chi connectivity index (χ3v) is 4.59. The smallest absolute Gasteiger partial charge is 0.244 e. The lowest BCUT2D eigenvalue weighted by molar-refractivity contribution is -0.146. The van der Waals surface area contributed by atoms with Gasteiger partial charge in [0.25, 0.3) is 0 Å². The van der Waals surface area contributed by atoms with E-state index in [2.05, 4.69) is 0 Å². The van der Waals surface area contributed by atoms with Gasteiger partial charge < -0.3 is 15.5 Å². The lowest BCUT2D eigenvalue weighted by atomic mass is 10.1. The summed E-state index contributed by atoms with van der Waals surface area (Å²) in [5, 5.41) is 0.667. The van der Waals surface area contributed by atoms with Crippen LogP contribution >= 0.6 is 24.0 Å². The highest BCUT2D eigenvalue weighted by molar-refractivity contribution is 6.30. The number of hydrogen-bond donors (Lipinski definition) is 1. The number of carbonyl (C=O) groups is 2. The Morgan fingerprint density at radius 2 is 1.73 bits per heavy atom. The first-order valence-corrected chi connectivity index (χ1v) is 8.54. The second kappa shape index (κ2) is 9.03. The van der Waals surface area contributed by atoms with Crippen LogP contribution in [0.5, 0.6) is 0 Å². The number of halogens is 2. The van der Waals surface area contributed by atoms with Crippen LogP contribution in [0.4, 0.5) is 0 Å². The summed E-state index contributed by atoms with van der Waals surface area (Å²) in [6.45, 7) is 1.56. The van der Waals surface area contributed by atoms with Crippen molar-refractivity contribution < 1.29 is 9.59 Å². The number of nitrogens with two attached hydrogens (primary N) is 1. The summed E-state index contributed by atoms with van der Waals surface area (Å²) >= 11 is 5.88. The minimum absolute atomic E-state index is 0. The fourth-order valence-corrected chi connectivity index (χ4v) is 3.00. The van der Waals surface area contributed by atoms with Crippen molar-refractivity contribution in [2.24, 2.45) is 5.73 Å². The van der Waals surface area contributed by atoms with E-state index in [4.69, 9.17) is 17.3 Å². The summed E-state index contributed by atoms with van der Waals surface area (Å²) in [4.78, 5) is 28.3. The molecular weight excluding hydrogens is 373 g/mol. The summed E-state index contributed by atoms with van der Waals surface area (Å²) in [6.07, 6.45) is 0. The van der Waals surface area contributed by atoms with Gasteiger partial charge in [0.2, 0.25) is 11.8 Å². The standard InChI is InChI=1S/C19H20ClN3O2.ClH/c20-16-8-6-14(7-9-16)12-22-10-11-23(13-17(22)24)19(25)18(21)15-4-2-1-3-5-15;/h1-9,18H,10-13,21H2;1H. The molecule has 0 aliphatic carbocycles. The molecule has 1 atom stereocenters. The van der Waals surface area contributed by atoms with Crippen molar-refractivity contribution >= 4 is 35.8 Å². The number of benzene rings is 2. The van der Waals surface area contributed by atoms with Crippen LogP contribution in [0.25, 0.3) is 0 Å². The summed E-state index contributed by atoms with van der Waals surface area (Å²) in [6, 6.07) is 15.9. The van der Waals surface area contributed by atoms with Crippen LogP contribution in [0.1, 0.15) is 17.2 Å². The maximum absolute atomic E-state index is 12.6. The molecule has 0 aromatic heterocycles. The Bertz CT molecular complexity index is 753. The molecule has 0 saturated carbocycles. The number of hydrogen-bond acceptors (Lipinski definition) is 3. The van der Waals surface area contributed by atoms with Crippen molar-refractivity contribution in [1.29, 1.82) is 0 Å². The van der Waals surface area contributed by atoms with Crippen molar-refractivity contribution in [2.45, 2.75) is 12.6 Å². The molecule has 1 fully saturated rings. The van der Waals surface area contributed by atoms with Gasteiger partial charge in [-0.1, -0.05) is 54.1 Å². The zero-order valence-corrected chi connectivity index (χ0v) is 15.7. The quantitative estimate of drug-likeness (QED) is 0.867. The number of piperazine rings is 1. The molecular formula is C19H21Cl2N3O2. The van der Waals surface area contributed by atoms with E-state index in [0.29, 0.717) is 24.7 Å². The number of amides is 2. The zero-order chi connectivity index (χ0) is 17.8. The van der Waals surface area contributed by atoms with Gasteiger partial charge >= 0.3 is 0 Å². The van der Waals surface area contributed by atoms with Gasteiger partial charge in [-0.15, -0.1) is 12.4 Å². The molecule has 0 spiro atoms. The van der Waals surface area contributed by atoms with Gasteiger partial charge in [-0.2, -0.15) is 0 Å². The average Bonchev–Trinajstić information content (AvgIpc) is 2.64. The van der Waals surface area contributed by atoms with Crippen LogP contribution in [0.15, 0.2) is 54.6 Å². The van der Waals surface area contributed by atoms with E-state index in [9.17, 15) is 9.59 Å². The highest BCUT2D eigenvalue weighted by Crippen LogP contribution is 2.17.